The Hall–Kier alpha value is -2.99. The third-order valence-electron chi connectivity index (χ3n) is 3.76. The van der Waals surface area contributed by atoms with Gasteiger partial charge in [0.1, 0.15) is 12.4 Å². The minimum absolute atomic E-state index is 0.125. The van der Waals surface area contributed by atoms with Gasteiger partial charge in [-0.2, -0.15) is 0 Å². The lowest BCUT2D eigenvalue weighted by atomic mass is 10.2. The highest BCUT2D eigenvalue weighted by Crippen LogP contribution is 2.23. The molecule has 0 atom stereocenters. The van der Waals surface area contributed by atoms with Crippen molar-refractivity contribution < 1.29 is 8.81 Å². The predicted octanol–water partition coefficient (Wildman–Crippen LogP) is 3.89. The van der Waals surface area contributed by atoms with E-state index >= 15 is 0 Å². The van der Waals surface area contributed by atoms with E-state index in [0.29, 0.717) is 27.6 Å². The molecule has 25 heavy (non-hydrogen) atoms. The summed E-state index contributed by atoms with van der Waals surface area (Å²) in [5.41, 5.74) is 0.825. The van der Waals surface area contributed by atoms with Gasteiger partial charge in [0.15, 0.2) is 5.76 Å². The van der Waals surface area contributed by atoms with E-state index in [9.17, 15) is 9.18 Å². The third kappa shape index (κ3) is 3.04. The molecule has 5 nitrogen and oxygen atoms in total. The Bertz CT molecular complexity index is 1140. The Morgan fingerprint density at radius 2 is 2.04 bits per heavy atom. The van der Waals surface area contributed by atoms with Crippen LogP contribution in [-0.2, 0) is 6.54 Å². The molecule has 0 saturated carbocycles. The Labute approximate surface area is 146 Å². The van der Waals surface area contributed by atoms with Crippen molar-refractivity contribution in [3.63, 3.8) is 0 Å². The minimum atomic E-state index is -0.434. The second kappa shape index (κ2) is 6.14. The van der Waals surface area contributed by atoms with Gasteiger partial charge in [0.25, 0.3) is 5.56 Å². The predicted molar refractivity (Wildman–Crippen MR) is 92.0 cm³/mol. The molecular weight excluding hydrogens is 345 g/mol. The van der Waals surface area contributed by atoms with Gasteiger partial charge in [-0.3, -0.25) is 9.36 Å². The highest BCUT2D eigenvalue weighted by Gasteiger charge is 2.10. The maximum Gasteiger partial charge on any atom is 0.261 e. The van der Waals surface area contributed by atoms with Gasteiger partial charge in [-0.25, -0.2) is 14.4 Å². The van der Waals surface area contributed by atoms with Crippen LogP contribution in [0, 0.1) is 5.82 Å². The molecule has 0 aliphatic rings. The Morgan fingerprint density at radius 3 is 2.88 bits per heavy atom. The maximum atomic E-state index is 13.2. The number of oxazole rings is 1. The molecule has 0 bridgehead atoms. The molecule has 0 aliphatic heterocycles. The van der Waals surface area contributed by atoms with Crippen molar-refractivity contribution in [2.24, 2.45) is 0 Å². The summed E-state index contributed by atoms with van der Waals surface area (Å²) < 4.78 is 20.3. The van der Waals surface area contributed by atoms with Gasteiger partial charge in [-0.05, 0) is 24.3 Å². The van der Waals surface area contributed by atoms with Crippen LogP contribution < -0.4 is 5.56 Å². The first-order valence-corrected chi connectivity index (χ1v) is 7.83. The maximum absolute atomic E-state index is 13.2. The van der Waals surface area contributed by atoms with Gasteiger partial charge in [-0.15, -0.1) is 0 Å². The van der Waals surface area contributed by atoms with Crippen molar-refractivity contribution in [3.05, 3.63) is 82.1 Å². The fourth-order valence-corrected chi connectivity index (χ4v) is 2.74. The molecule has 2 heterocycles. The fourth-order valence-electron chi connectivity index (χ4n) is 2.55. The topological polar surface area (TPSA) is 60.9 Å². The molecule has 2 aromatic carbocycles. The number of hydrogen-bond acceptors (Lipinski definition) is 4. The summed E-state index contributed by atoms with van der Waals surface area (Å²) in [6.45, 7) is 0.125. The van der Waals surface area contributed by atoms with Crippen molar-refractivity contribution in [3.8, 4) is 11.3 Å². The zero-order valence-electron chi connectivity index (χ0n) is 12.8. The minimum Gasteiger partial charge on any atom is -0.439 e. The molecule has 0 fully saturated rings. The van der Waals surface area contributed by atoms with Crippen molar-refractivity contribution >= 4 is 22.5 Å². The van der Waals surface area contributed by atoms with E-state index in [1.165, 1.54) is 29.1 Å². The lowest BCUT2D eigenvalue weighted by Gasteiger charge is -2.04. The second-order valence-corrected chi connectivity index (χ2v) is 5.90. The Morgan fingerprint density at radius 1 is 1.16 bits per heavy atom. The smallest absolute Gasteiger partial charge is 0.261 e. The van der Waals surface area contributed by atoms with E-state index in [1.54, 1.807) is 18.3 Å². The van der Waals surface area contributed by atoms with E-state index in [0.717, 1.165) is 5.56 Å². The van der Waals surface area contributed by atoms with Crippen LogP contribution in [0.5, 0.6) is 0 Å². The van der Waals surface area contributed by atoms with Crippen LogP contribution >= 0.6 is 11.6 Å². The molecule has 0 aliphatic carbocycles. The summed E-state index contributed by atoms with van der Waals surface area (Å²) in [5, 5.41) is 0.933. The van der Waals surface area contributed by atoms with Crippen molar-refractivity contribution in [1.29, 1.82) is 0 Å². The van der Waals surface area contributed by atoms with Crippen LogP contribution in [0.15, 0.2) is 64.2 Å². The lowest BCUT2D eigenvalue weighted by molar-refractivity contribution is 0.484. The number of rotatable bonds is 3. The number of aromatic nitrogens is 3. The molecule has 7 heteroatoms. The van der Waals surface area contributed by atoms with Crippen LogP contribution in [0.25, 0.3) is 22.2 Å². The first-order chi connectivity index (χ1) is 12.1. The zero-order valence-corrected chi connectivity index (χ0v) is 13.6. The molecular formula is C18H11ClFN3O2. The van der Waals surface area contributed by atoms with Gasteiger partial charge >= 0.3 is 0 Å². The molecule has 0 unspecified atom stereocenters. The van der Waals surface area contributed by atoms with E-state index in [1.807, 2.05) is 12.1 Å². The Kier molecular flexibility index (Phi) is 3.82. The average Bonchev–Trinajstić information content (AvgIpc) is 3.06. The fraction of sp³-hybridized carbons (Fsp3) is 0.0556. The van der Waals surface area contributed by atoms with E-state index in [2.05, 4.69) is 9.97 Å². The summed E-state index contributed by atoms with van der Waals surface area (Å²) in [7, 11) is 0. The summed E-state index contributed by atoms with van der Waals surface area (Å²) in [5.74, 6) is 0.484. The van der Waals surface area contributed by atoms with Crippen LogP contribution in [0.1, 0.15) is 5.89 Å². The first-order valence-electron chi connectivity index (χ1n) is 7.45. The van der Waals surface area contributed by atoms with Crippen LogP contribution in [0.4, 0.5) is 4.39 Å². The largest absolute Gasteiger partial charge is 0.439 e. The normalized spacial score (nSPS) is 11.1. The molecule has 0 N–H and O–H groups in total. The molecule has 4 aromatic rings. The number of benzene rings is 2. The summed E-state index contributed by atoms with van der Waals surface area (Å²) in [6.07, 6.45) is 2.93. The van der Waals surface area contributed by atoms with Crippen LogP contribution in [-0.4, -0.2) is 14.5 Å². The summed E-state index contributed by atoms with van der Waals surface area (Å²) in [4.78, 5) is 20.8. The number of halogens is 2. The van der Waals surface area contributed by atoms with Crippen LogP contribution in [0.2, 0.25) is 5.02 Å². The van der Waals surface area contributed by atoms with Gasteiger partial charge in [0.05, 0.1) is 23.4 Å². The quantitative estimate of drug-likeness (QED) is 0.559. The van der Waals surface area contributed by atoms with Crippen molar-refractivity contribution in [2.75, 3.05) is 0 Å². The lowest BCUT2D eigenvalue weighted by Crippen LogP contribution is -2.21. The van der Waals surface area contributed by atoms with Gasteiger partial charge in [0.2, 0.25) is 5.89 Å². The van der Waals surface area contributed by atoms with Gasteiger partial charge < -0.3 is 4.42 Å². The SMILES string of the molecule is O=c1c2ccc(F)cc2ncn1Cc1ncc(-c2cccc(Cl)c2)o1. The van der Waals surface area contributed by atoms with Gasteiger partial charge in [0, 0.05) is 16.7 Å². The number of fused-ring (bicyclic) bond motifs is 1. The molecule has 0 amide bonds. The number of nitrogens with zero attached hydrogens (tertiary/aromatic N) is 3. The van der Waals surface area contributed by atoms with Gasteiger partial charge in [-0.1, -0.05) is 23.7 Å². The van der Waals surface area contributed by atoms with E-state index < -0.39 is 5.82 Å². The monoisotopic (exact) mass is 355 g/mol. The van der Waals surface area contributed by atoms with E-state index in [4.69, 9.17) is 16.0 Å². The van der Waals surface area contributed by atoms with Crippen molar-refractivity contribution in [2.45, 2.75) is 6.54 Å². The molecule has 4 rings (SSSR count). The Balaban J connectivity index is 1.67. The summed E-state index contributed by atoms with van der Waals surface area (Å²) in [6, 6.07) is 11.1. The molecule has 0 spiro atoms. The van der Waals surface area contributed by atoms with E-state index in [-0.39, 0.29) is 12.1 Å². The standard InChI is InChI=1S/C18H11ClFN3O2/c19-12-3-1-2-11(6-12)16-8-21-17(25-16)9-23-10-22-15-7-13(20)4-5-14(15)18(23)24/h1-8,10H,9H2. The molecule has 0 radical (unpaired) electrons. The highest BCUT2D eigenvalue weighted by molar-refractivity contribution is 6.30. The summed E-state index contributed by atoms with van der Waals surface area (Å²) >= 11 is 5.98. The number of hydrogen-bond donors (Lipinski definition) is 0. The molecule has 2 aromatic heterocycles. The third-order valence-corrected chi connectivity index (χ3v) is 3.99. The highest BCUT2D eigenvalue weighted by atomic mass is 35.5. The molecule has 124 valence electrons. The average molecular weight is 356 g/mol. The van der Waals surface area contributed by atoms with Crippen LogP contribution in [0.3, 0.4) is 0 Å². The second-order valence-electron chi connectivity index (χ2n) is 5.47. The van der Waals surface area contributed by atoms with Crippen molar-refractivity contribution in [1.82, 2.24) is 14.5 Å². The zero-order chi connectivity index (χ0) is 17.4. The first kappa shape index (κ1) is 15.5. The molecule has 0 saturated heterocycles.